The number of hydrogen-bond donors (Lipinski definition) is 2. The predicted octanol–water partition coefficient (Wildman–Crippen LogP) is 1.98. The van der Waals surface area contributed by atoms with Crippen molar-refractivity contribution >= 4 is 5.69 Å². The number of aliphatic hydroxyl groups is 1. The molecule has 0 spiro atoms. The maximum Gasteiger partial charge on any atom is 0.108 e. The monoisotopic (exact) mass is 194 g/mol. The average Bonchev–Trinajstić information content (AvgIpc) is 2.20. The SMILES string of the molecule is CCC(O)(CC)c1nc(C)ccc1N. The second kappa shape index (κ2) is 3.96. The first-order chi connectivity index (χ1) is 6.53. The van der Waals surface area contributed by atoms with Crippen LogP contribution in [0.2, 0.25) is 0 Å². The van der Waals surface area contributed by atoms with Gasteiger partial charge in [-0.2, -0.15) is 0 Å². The average molecular weight is 194 g/mol. The number of aryl methyl sites for hydroxylation is 1. The van der Waals surface area contributed by atoms with Crippen LogP contribution in [0.1, 0.15) is 38.1 Å². The summed E-state index contributed by atoms with van der Waals surface area (Å²) < 4.78 is 0. The van der Waals surface area contributed by atoms with Gasteiger partial charge in [0, 0.05) is 5.69 Å². The van der Waals surface area contributed by atoms with E-state index in [1.165, 1.54) is 0 Å². The minimum atomic E-state index is -0.879. The van der Waals surface area contributed by atoms with Crippen LogP contribution in [0.25, 0.3) is 0 Å². The smallest absolute Gasteiger partial charge is 0.108 e. The molecule has 14 heavy (non-hydrogen) atoms. The van der Waals surface area contributed by atoms with Crippen molar-refractivity contribution in [1.82, 2.24) is 4.98 Å². The normalized spacial score (nSPS) is 11.7. The van der Waals surface area contributed by atoms with E-state index >= 15 is 0 Å². The summed E-state index contributed by atoms with van der Waals surface area (Å²) >= 11 is 0. The molecule has 0 saturated heterocycles. The highest BCUT2D eigenvalue weighted by molar-refractivity contribution is 5.46. The summed E-state index contributed by atoms with van der Waals surface area (Å²) in [6.07, 6.45) is 1.26. The Morgan fingerprint density at radius 2 is 1.93 bits per heavy atom. The van der Waals surface area contributed by atoms with Gasteiger partial charge in [0.25, 0.3) is 0 Å². The lowest BCUT2D eigenvalue weighted by atomic mass is 9.91. The highest BCUT2D eigenvalue weighted by Gasteiger charge is 2.28. The van der Waals surface area contributed by atoms with Crippen LogP contribution in [0.5, 0.6) is 0 Å². The molecule has 0 saturated carbocycles. The lowest BCUT2D eigenvalue weighted by Crippen LogP contribution is -2.26. The molecule has 0 amide bonds. The second-order valence-corrected chi connectivity index (χ2v) is 3.63. The van der Waals surface area contributed by atoms with Gasteiger partial charge in [0.2, 0.25) is 0 Å². The Kier molecular flexibility index (Phi) is 3.11. The summed E-state index contributed by atoms with van der Waals surface area (Å²) in [6, 6.07) is 3.65. The van der Waals surface area contributed by atoms with Crippen molar-refractivity contribution in [3.8, 4) is 0 Å². The quantitative estimate of drug-likeness (QED) is 0.773. The summed E-state index contributed by atoms with van der Waals surface area (Å²) in [4.78, 5) is 4.31. The van der Waals surface area contributed by atoms with E-state index < -0.39 is 5.60 Å². The van der Waals surface area contributed by atoms with Crippen LogP contribution in [0.3, 0.4) is 0 Å². The molecule has 0 unspecified atom stereocenters. The summed E-state index contributed by atoms with van der Waals surface area (Å²) in [5.41, 5.74) is 6.99. The fourth-order valence-corrected chi connectivity index (χ4v) is 1.53. The lowest BCUT2D eigenvalue weighted by molar-refractivity contribution is 0.0247. The predicted molar refractivity (Wildman–Crippen MR) is 57.9 cm³/mol. The highest BCUT2D eigenvalue weighted by atomic mass is 16.3. The highest BCUT2D eigenvalue weighted by Crippen LogP contribution is 2.30. The maximum absolute atomic E-state index is 10.3. The van der Waals surface area contributed by atoms with Gasteiger partial charge in [0.05, 0.1) is 11.4 Å². The zero-order valence-electron chi connectivity index (χ0n) is 9.04. The number of nitrogen functional groups attached to an aromatic ring is 1. The largest absolute Gasteiger partial charge is 0.397 e. The van der Waals surface area contributed by atoms with Crippen LogP contribution in [-0.4, -0.2) is 10.1 Å². The van der Waals surface area contributed by atoms with Gasteiger partial charge < -0.3 is 10.8 Å². The molecule has 0 aliphatic carbocycles. The Labute approximate surface area is 85.0 Å². The standard InChI is InChI=1S/C11H18N2O/c1-4-11(14,5-2)10-9(12)7-6-8(3)13-10/h6-7,14H,4-5,12H2,1-3H3. The van der Waals surface area contributed by atoms with Crippen LogP contribution in [0.4, 0.5) is 5.69 Å². The van der Waals surface area contributed by atoms with Gasteiger partial charge in [-0.25, -0.2) is 0 Å². The molecule has 0 aromatic carbocycles. The number of nitrogens with two attached hydrogens (primary N) is 1. The molecule has 78 valence electrons. The van der Waals surface area contributed by atoms with Crippen molar-refractivity contribution in [3.05, 3.63) is 23.5 Å². The Morgan fingerprint density at radius 1 is 1.36 bits per heavy atom. The second-order valence-electron chi connectivity index (χ2n) is 3.63. The molecular formula is C11H18N2O. The summed E-state index contributed by atoms with van der Waals surface area (Å²) in [5, 5.41) is 10.3. The third kappa shape index (κ3) is 1.87. The molecule has 1 rings (SSSR count). The summed E-state index contributed by atoms with van der Waals surface area (Å²) in [6.45, 7) is 5.77. The van der Waals surface area contributed by atoms with Crippen LogP contribution in [-0.2, 0) is 5.60 Å². The van der Waals surface area contributed by atoms with E-state index in [4.69, 9.17) is 5.73 Å². The minimum Gasteiger partial charge on any atom is -0.397 e. The Hall–Kier alpha value is -1.09. The van der Waals surface area contributed by atoms with Gasteiger partial charge in [-0.05, 0) is 31.9 Å². The number of pyridine rings is 1. The molecule has 0 bridgehead atoms. The molecule has 1 heterocycles. The number of hydrogen-bond acceptors (Lipinski definition) is 3. The summed E-state index contributed by atoms with van der Waals surface area (Å²) in [5.74, 6) is 0. The van der Waals surface area contributed by atoms with E-state index in [1.807, 2.05) is 26.8 Å². The molecule has 3 heteroatoms. The van der Waals surface area contributed by atoms with Gasteiger partial charge in [0.15, 0.2) is 0 Å². The van der Waals surface area contributed by atoms with Crippen LogP contribution in [0.15, 0.2) is 12.1 Å². The first-order valence-electron chi connectivity index (χ1n) is 4.99. The number of anilines is 1. The third-order valence-corrected chi connectivity index (χ3v) is 2.68. The minimum absolute atomic E-state index is 0.571. The Balaban J connectivity index is 3.22. The van der Waals surface area contributed by atoms with Crippen molar-refractivity contribution in [3.63, 3.8) is 0 Å². The molecule has 0 aliphatic heterocycles. The molecule has 0 fully saturated rings. The van der Waals surface area contributed by atoms with Crippen molar-refractivity contribution < 1.29 is 5.11 Å². The molecular weight excluding hydrogens is 176 g/mol. The van der Waals surface area contributed by atoms with Gasteiger partial charge in [0.1, 0.15) is 5.60 Å². The fraction of sp³-hybridized carbons (Fsp3) is 0.545. The molecule has 3 N–H and O–H groups in total. The number of aromatic nitrogens is 1. The fourth-order valence-electron chi connectivity index (χ4n) is 1.53. The van der Waals surface area contributed by atoms with E-state index in [2.05, 4.69) is 4.98 Å². The van der Waals surface area contributed by atoms with E-state index in [0.717, 1.165) is 5.69 Å². The Morgan fingerprint density at radius 3 is 2.43 bits per heavy atom. The van der Waals surface area contributed by atoms with Crippen LogP contribution in [0, 0.1) is 6.92 Å². The van der Waals surface area contributed by atoms with E-state index in [-0.39, 0.29) is 0 Å². The van der Waals surface area contributed by atoms with E-state index in [9.17, 15) is 5.11 Å². The zero-order valence-corrected chi connectivity index (χ0v) is 9.04. The number of nitrogens with zero attached hydrogens (tertiary/aromatic N) is 1. The zero-order chi connectivity index (χ0) is 10.8. The topological polar surface area (TPSA) is 59.1 Å². The molecule has 1 aromatic heterocycles. The van der Waals surface area contributed by atoms with Gasteiger partial charge in [-0.3, -0.25) is 4.98 Å². The van der Waals surface area contributed by atoms with Crippen molar-refractivity contribution in [1.29, 1.82) is 0 Å². The van der Waals surface area contributed by atoms with Gasteiger partial charge >= 0.3 is 0 Å². The summed E-state index contributed by atoms with van der Waals surface area (Å²) in [7, 11) is 0. The van der Waals surface area contributed by atoms with Gasteiger partial charge in [-0.15, -0.1) is 0 Å². The van der Waals surface area contributed by atoms with E-state index in [0.29, 0.717) is 24.2 Å². The molecule has 3 nitrogen and oxygen atoms in total. The number of rotatable bonds is 3. The maximum atomic E-state index is 10.3. The van der Waals surface area contributed by atoms with Crippen molar-refractivity contribution in [2.45, 2.75) is 39.2 Å². The van der Waals surface area contributed by atoms with E-state index in [1.54, 1.807) is 6.07 Å². The molecule has 0 radical (unpaired) electrons. The molecule has 1 aromatic rings. The Bertz CT molecular complexity index is 319. The van der Waals surface area contributed by atoms with Crippen LogP contribution < -0.4 is 5.73 Å². The lowest BCUT2D eigenvalue weighted by Gasteiger charge is -2.26. The first kappa shape index (κ1) is 11.0. The van der Waals surface area contributed by atoms with Gasteiger partial charge in [-0.1, -0.05) is 13.8 Å². The van der Waals surface area contributed by atoms with Crippen molar-refractivity contribution in [2.24, 2.45) is 0 Å². The molecule has 0 aliphatic rings. The third-order valence-electron chi connectivity index (χ3n) is 2.68. The van der Waals surface area contributed by atoms with Crippen molar-refractivity contribution in [2.75, 3.05) is 5.73 Å². The first-order valence-corrected chi connectivity index (χ1v) is 4.99. The molecule has 0 atom stereocenters. The van der Waals surface area contributed by atoms with Crippen LogP contribution >= 0.6 is 0 Å².